The Kier molecular flexibility index (Phi) is 3.83. The zero-order valence-electron chi connectivity index (χ0n) is 11.4. The Labute approximate surface area is 111 Å². The number of nitro groups is 1. The number of hydrogen-bond donors (Lipinski definition) is 2. The summed E-state index contributed by atoms with van der Waals surface area (Å²) in [5, 5.41) is 22.9. The van der Waals surface area contributed by atoms with E-state index in [0.29, 0.717) is 5.69 Å². The Hall–Kier alpha value is -2.11. The first-order chi connectivity index (χ1) is 8.58. The van der Waals surface area contributed by atoms with Crippen molar-refractivity contribution in [1.29, 1.82) is 0 Å². The minimum Gasteiger partial charge on any atom is -0.481 e. The van der Waals surface area contributed by atoms with Gasteiger partial charge in [-0.15, -0.1) is 0 Å². The number of anilines is 1. The predicted octanol–water partition coefficient (Wildman–Crippen LogP) is 2.90. The molecule has 0 aliphatic rings. The Morgan fingerprint density at radius 2 is 1.68 bits per heavy atom. The van der Waals surface area contributed by atoms with Crippen LogP contribution in [-0.2, 0) is 4.79 Å². The molecule has 0 unspecified atom stereocenters. The van der Waals surface area contributed by atoms with Crippen molar-refractivity contribution in [3.63, 3.8) is 0 Å². The number of non-ortho nitro benzene ring substituents is 1. The summed E-state index contributed by atoms with van der Waals surface area (Å²) in [6, 6.07) is 5.90. The van der Waals surface area contributed by atoms with E-state index in [9.17, 15) is 20.0 Å². The van der Waals surface area contributed by atoms with Gasteiger partial charge in [-0.2, -0.15) is 0 Å². The van der Waals surface area contributed by atoms with Gasteiger partial charge >= 0.3 is 5.97 Å². The number of nitrogens with one attached hydrogen (secondary N) is 1. The number of rotatable bonds is 5. The number of aliphatic carboxylic acids is 1. The van der Waals surface area contributed by atoms with Crippen LogP contribution >= 0.6 is 0 Å². The molecule has 0 aliphatic carbocycles. The number of nitro benzene ring substituents is 1. The van der Waals surface area contributed by atoms with Crippen LogP contribution in [0.15, 0.2) is 24.3 Å². The SMILES string of the molecule is CC(C)(Nc1ccc([N+](=O)[O-])cc1)C(C)(C)C(=O)O. The largest absolute Gasteiger partial charge is 0.481 e. The molecule has 0 saturated carbocycles. The summed E-state index contributed by atoms with van der Waals surface area (Å²) in [7, 11) is 0. The van der Waals surface area contributed by atoms with E-state index in [1.807, 2.05) is 0 Å². The molecule has 1 rings (SSSR count). The molecule has 0 heterocycles. The highest BCUT2D eigenvalue weighted by Gasteiger charge is 2.43. The molecule has 0 fully saturated rings. The molecule has 0 bridgehead atoms. The third-order valence-corrected chi connectivity index (χ3v) is 3.63. The molecular weight excluding hydrogens is 248 g/mol. The van der Waals surface area contributed by atoms with Crippen LogP contribution in [0, 0.1) is 15.5 Å². The summed E-state index contributed by atoms with van der Waals surface area (Å²) in [4.78, 5) is 21.3. The first-order valence-corrected chi connectivity index (χ1v) is 5.84. The monoisotopic (exact) mass is 266 g/mol. The lowest BCUT2D eigenvalue weighted by atomic mass is 9.74. The molecule has 0 atom stereocenters. The second-order valence-corrected chi connectivity index (χ2v) is 5.48. The van der Waals surface area contributed by atoms with Gasteiger partial charge in [-0.1, -0.05) is 0 Å². The Balaban J connectivity index is 2.95. The highest BCUT2D eigenvalue weighted by Crippen LogP contribution is 2.34. The first-order valence-electron chi connectivity index (χ1n) is 5.84. The molecule has 6 heteroatoms. The van der Waals surface area contributed by atoms with Gasteiger partial charge in [0.15, 0.2) is 0 Å². The number of benzene rings is 1. The van der Waals surface area contributed by atoms with Gasteiger partial charge in [0.1, 0.15) is 0 Å². The number of nitrogens with zero attached hydrogens (tertiary/aromatic N) is 1. The minimum atomic E-state index is -0.991. The molecule has 0 aromatic heterocycles. The van der Waals surface area contributed by atoms with Crippen molar-refractivity contribution in [3.05, 3.63) is 34.4 Å². The maximum Gasteiger partial charge on any atom is 0.311 e. The van der Waals surface area contributed by atoms with Crippen LogP contribution in [0.1, 0.15) is 27.7 Å². The molecule has 0 aliphatic heterocycles. The van der Waals surface area contributed by atoms with Crippen LogP contribution < -0.4 is 5.32 Å². The van der Waals surface area contributed by atoms with Gasteiger partial charge in [0, 0.05) is 23.4 Å². The van der Waals surface area contributed by atoms with E-state index in [0.717, 1.165) is 0 Å². The van der Waals surface area contributed by atoms with E-state index in [2.05, 4.69) is 5.32 Å². The molecule has 19 heavy (non-hydrogen) atoms. The lowest BCUT2D eigenvalue weighted by molar-refractivity contribution is -0.384. The average molecular weight is 266 g/mol. The highest BCUT2D eigenvalue weighted by molar-refractivity contribution is 5.76. The fourth-order valence-corrected chi connectivity index (χ4v) is 1.45. The Bertz CT molecular complexity index is 492. The minimum absolute atomic E-state index is 0.000788. The number of carboxylic acid groups (broad SMARTS) is 1. The average Bonchev–Trinajstić information content (AvgIpc) is 2.28. The van der Waals surface area contributed by atoms with E-state index >= 15 is 0 Å². The quantitative estimate of drug-likeness (QED) is 0.631. The molecule has 2 N–H and O–H groups in total. The van der Waals surface area contributed by atoms with Crippen molar-refractivity contribution >= 4 is 17.3 Å². The lowest BCUT2D eigenvalue weighted by Crippen LogP contribution is -2.50. The predicted molar refractivity (Wildman–Crippen MR) is 72.2 cm³/mol. The second-order valence-electron chi connectivity index (χ2n) is 5.48. The summed E-state index contributed by atoms with van der Waals surface area (Å²) in [6.45, 7) is 6.83. The van der Waals surface area contributed by atoms with Crippen molar-refractivity contribution in [1.82, 2.24) is 0 Å². The zero-order chi connectivity index (χ0) is 14.8. The molecule has 0 radical (unpaired) electrons. The van der Waals surface area contributed by atoms with Crippen LogP contribution in [0.4, 0.5) is 11.4 Å². The van der Waals surface area contributed by atoms with Crippen molar-refractivity contribution in [2.75, 3.05) is 5.32 Å². The van der Waals surface area contributed by atoms with E-state index in [-0.39, 0.29) is 5.69 Å². The Morgan fingerprint density at radius 3 is 2.05 bits per heavy atom. The first kappa shape index (κ1) is 14.9. The fourth-order valence-electron chi connectivity index (χ4n) is 1.45. The normalized spacial score (nSPS) is 12.0. The summed E-state index contributed by atoms with van der Waals surface area (Å²) in [5.74, 6) is -0.910. The maximum atomic E-state index is 11.3. The third kappa shape index (κ3) is 3.01. The summed E-state index contributed by atoms with van der Waals surface area (Å²) in [6.07, 6.45) is 0. The number of carboxylic acids is 1. The van der Waals surface area contributed by atoms with E-state index in [4.69, 9.17) is 0 Å². The van der Waals surface area contributed by atoms with E-state index in [1.165, 1.54) is 12.1 Å². The molecule has 0 saturated heterocycles. The number of hydrogen-bond acceptors (Lipinski definition) is 4. The van der Waals surface area contributed by atoms with Crippen molar-refractivity contribution < 1.29 is 14.8 Å². The second kappa shape index (κ2) is 4.87. The smallest absolute Gasteiger partial charge is 0.311 e. The molecule has 1 aromatic carbocycles. The molecule has 0 amide bonds. The van der Waals surface area contributed by atoms with Crippen LogP contribution in [-0.4, -0.2) is 21.5 Å². The molecule has 6 nitrogen and oxygen atoms in total. The maximum absolute atomic E-state index is 11.3. The lowest BCUT2D eigenvalue weighted by Gasteiger charge is -2.39. The Morgan fingerprint density at radius 1 is 1.21 bits per heavy atom. The van der Waals surface area contributed by atoms with Crippen molar-refractivity contribution in [2.24, 2.45) is 5.41 Å². The standard InChI is InChI=1S/C13H18N2O4/c1-12(2,11(16)17)13(3,4)14-9-5-7-10(8-6-9)15(18)19/h5-8,14H,1-4H3,(H,16,17). The van der Waals surface area contributed by atoms with Crippen LogP contribution in [0.5, 0.6) is 0 Å². The van der Waals surface area contributed by atoms with Crippen LogP contribution in [0.3, 0.4) is 0 Å². The summed E-state index contributed by atoms with van der Waals surface area (Å²) >= 11 is 0. The van der Waals surface area contributed by atoms with Gasteiger partial charge in [0.25, 0.3) is 5.69 Å². The van der Waals surface area contributed by atoms with Gasteiger partial charge in [0.2, 0.25) is 0 Å². The molecular formula is C13H18N2O4. The van der Waals surface area contributed by atoms with Gasteiger partial charge in [0.05, 0.1) is 10.3 Å². The zero-order valence-corrected chi connectivity index (χ0v) is 11.4. The van der Waals surface area contributed by atoms with Crippen molar-refractivity contribution in [3.8, 4) is 0 Å². The number of carbonyl (C=O) groups is 1. The van der Waals surface area contributed by atoms with Crippen molar-refractivity contribution in [2.45, 2.75) is 33.2 Å². The fraction of sp³-hybridized carbons (Fsp3) is 0.462. The topological polar surface area (TPSA) is 92.5 Å². The molecule has 104 valence electrons. The van der Waals surface area contributed by atoms with Gasteiger partial charge in [-0.05, 0) is 39.8 Å². The van der Waals surface area contributed by atoms with Gasteiger partial charge < -0.3 is 10.4 Å². The van der Waals surface area contributed by atoms with E-state index in [1.54, 1.807) is 39.8 Å². The highest BCUT2D eigenvalue weighted by atomic mass is 16.6. The van der Waals surface area contributed by atoms with Crippen LogP contribution in [0.25, 0.3) is 0 Å². The summed E-state index contributed by atoms with van der Waals surface area (Å²) < 4.78 is 0. The van der Waals surface area contributed by atoms with E-state index < -0.39 is 21.8 Å². The summed E-state index contributed by atoms with van der Waals surface area (Å²) in [5.41, 5.74) is -1.06. The van der Waals surface area contributed by atoms with Gasteiger partial charge in [-0.3, -0.25) is 14.9 Å². The third-order valence-electron chi connectivity index (χ3n) is 3.63. The van der Waals surface area contributed by atoms with Gasteiger partial charge in [-0.25, -0.2) is 0 Å². The molecule has 0 spiro atoms. The molecule has 1 aromatic rings. The van der Waals surface area contributed by atoms with Crippen LogP contribution in [0.2, 0.25) is 0 Å².